The zero-order chi connectivity index (χ0) is 12.1. The van der Waals surface area contributed by atoms with Crippen LogP contribution in [0, 0.1) is 5.41 Å². The van der Waals surface area contributed by atoms with Crippen LogP contribution in [-0.2, 0) is 4.74 Å². The summed E-state index contributed by atoms with van der Waals surface area (Å²) >= 11 is 0. The number of hydrogen-bond donors (Lipinski definition) is 2. The molecule has 0 spiro atoms. The van der Waals surface area contributed by atoms with Gasteiger partial charge in [0.15, 0.2) is 0 Å². The maximum Gasteiger partial charge on any atom is 0.0766 e. The predicted molar refractivity (Wildman–Crippen MR) is 65.7 cm³/mol. The second kappa shape index (κ2) is 3.92. The highest BCUT2D eigenvalue weighted by Gasteiger charge is 2.62. The molecule has 0 aromatic rings. The van der Waals surface area contributed by atoms with E-state index in [0.717, 1.165) is 45.2 Å². The fourth-order valence-corrected chi connectivity index (χ4v) is 4.18. The molecule has 0 amide bonds. The molecular formula is C13H24N2O2. The molecule has 3 aliphatic rings. The summed E-state index contributed by atoms with van der Waals surface area (Å²) in [6, 6.07) is 0. The van der Waals surface area contributed by atoms with E-state index < -0.39 is 5.60 Å². The standard InChI is InChI=1S/C13H24N2O2/c1-15-6-4-13(16,5-7-15)12(9-14)8-10-2-3-11(12)17-10/h10-11,16H,2-9,14H2,1H3. The first-order chi connectivity index (χ1) is 8.10. The first-order valence-electron chi connectivity index (χ1n) is 6.86. The molecule has 0 aromatic heterocycles. The first kappa shape index (κ1) is 11.9. The van der Waals surface area contributed by atoms with Crippen LogP contribution in [0.15, 0.2) is 0 Å². The number of aliphatic hydroxyl groups is 1. The Morgan fingerprint density at radius 3 is 2.53 bits per heavy atom. The van der Waals surface area contributed by atoms with Crippen molar-refractivity contribution in [2.45, 2.75) is 49.9 Å². The van der Waals surface area contributed by atoms with Crippen LogP contribution in [0.2, 0.25) is 0 Å². The normalized spacial score (nSPS) is 45.4. The summed E-state index contributed by atoms with van der Waals surface area (Å²) in [6.07, 6.45) is 5.44. The minimum Gasteiger partial charge on any atom is -0.389 e. The minimum atomic E-state index is -0.603. The fraction of sp³-hybridized carbons (Fsp3) is 1.00. The average Bonchev–Trinajstić information content (AvgIpc) is 2.93. The van der Waals surface area contributed by atoms with E-state index in [1.807, 2.05) is 0 Å². The van der Waals surface area contributed by atoms with Crippen LogP contribution in [-0.4, -0.2) is 54.5 Å². The summed E-state index contributed by atoms with van der Waals surface area (Å²) in [5.74, 6) is 0. The van der Waals surface area contributed by atoms with Crippen LogP contribution >= 0.6 is 0 Å². The van der Waals surface area contributed by atoms with E-state index in [4.69, 9.17) is 10.5 Å². The van der Waals surface area contributed by atoms with Crippen LogP contribution in [0.1, 0.15) is 32.1 Å². The quantitative estimate of drug-likeness (QED) is 0.731. The summed E-state index contributed by atoms with van der Waals surface area (Å²) in [7, 11) is 2.12. The van der Waals surface area contributed by atoms with Gasteiger partial charge in [-0.1, -0.05) is 0 Å². The van der Waals surface area contributed by atoms with E-state index >= 15 is 0 Å². The Bertz CT molecular complexity index is 302. The summed E-state index contributed by atoms with van der Waals surface area (Å²) in [5, 5.41) is 11.1. The maximum absolute atomic E-state index is 11.1. The largest absolute Gasteiger partial charge is 0.389 e. The Morgan fingerprint density at radius 1 is 1.35 bits per heavy atom. The zero-order valence-electron chi connectivity index (χ0n) is 10.7. The second-order valence-electron chi connectivity index (χ2n) is 6.22. The topological polar surface area (TPSA) is 58.7 Å². The summed E-state index contributed by atoms with van der Waals surface area (Å²) in [4.78, 5) is 2.28. The molecule has 0 aliphatic carbocycles. The van der Waals surface area contributed by atoms with E-state index in [9.17, 15) is 5.11 Å². The molecule has 4 nitrogen and oxygen atoms in total. The van der Waals surface area contributed by atoms with E-state index in [1.54, 1.807) is 0 Å². The lowest BCUT2D eigenvalue weighted by atomic mass is 9.60. The van der Waals surface area contributed by atoms with Crippen molar-refractivity contribution in [1.82, 2.24) is 4.90 Å². The molecule has 3 rings (SSSR count). The van der Waals surface area contributed by atoms with E-state index in [-0.39, 0.29) is 11.5 Å². The molecule has 3 unspecified atom stereocenters. The van der Waals surface area contributed by atoms with Crippen LogP contribution < -0.4 is 5.73 Å². The Hall–Kier alpha value is -0.160. The first-order valence-corrected chi connectivity index (χ1v) is 6.86. The molecule has 3 atom stereocenters. The molecular weight excluding hydrogens is 216 g/mol. The molecule has 17 heavy (non-hydrogen) atoms. The average molecular weight is 240 g/mol. The van der Waals surface area contributed by atoms with Gasteiger partial charge in [0.2, 0.25) is 0 Å². The van der Waals surface area contributed by atoms with Gasteiger partial charge in [0.25, 0.3) is 0 Å². The maximum atomic E-state index is 11.1. The van der Waals surface area contributed by atoms with Crippen molar-refractivity contribution in [3.63, 3.8) is 0 Å². The van der Waals surface area contributed by atoms with Gasteiger partial charge in [-0.05, 0) is 39.2 Å². The number of hydrogen-bond acceptors (Lipinski definition) is 4. The lowest BCUT2D eigenvalue weighted by molar-refractivity contribution is -0.138. The molecule has 0 aromatic carbocycles. The van der Waals surface area contributed by atoms with Crippen molar-refractivity contribution >= 4 is 0 Å². The number of fused-ring (bicyclic) bond motifs is 2. The van der Waals surface area contributed by atoms with Gasteiger partial charge in [0, 0.05) is 25.0 Å². The molecule has 3 heterocycles. The van der Waals surface area contributed by atoms with E-state index in [1.165, 1.54) is 0 Å². The summed E-state index contributed by atoms with van der Waals surface area (Å²) in [6.45, 7) is 2.50. The molecule has 0 radical (unpaired) electrons. The lowest BCUT2D eigenvalue weighted by Crippen LogP contribution is -2.61. The van der Waals surface area contributed by atoms with Crippen molar-refractivity contribution in [2.24, 2.45) is 11.1 Å². The minimum absolute atomic E-state index is 0.169. The molecule has 0 saturated carbocycles. The van der Waals surface area contributed by atoms with Gasteiger partial charge in [-0.3, -0.25) is 0 Å². The van der Waals surface area contributed by atoms with Crippen LogP contribution in [0.3, 0.4) is 0 Å². The van der Waals surface area contributed by atoms with Gasteiger partial charge >= 0.3 is 0 Å². The van der Waals surface area contributed by atoms with Crippen LogP contribution in [0.25, 0.3) is 0 Å². The van der Waals surface area contributed by atoms with Gasteiger partial charge in [-0.2, -0.15) is 0 Å². The van der Waals surface area contributed by atoms with E-state index in [2.05, 4.69) is 11.9 Å². The van der Waals surface area contributed by atoms with Crippen molar-refractivity contribution in [3.05, 3.63) is 0 Å². The van der Waals surface area contributed by atoms with Crippen LogP contribution in [0.4, 0.5) is 0 Å². The third kappa shape index (κ3) is 1.58. The molecule has 3 N–H and O–H groups in total. The molecule has 4 heteroatoms. The van der Waals surface area contributed by atoms with Crippen molar-refractivity contribution in [3.8, 4) is 0 Å². The summed E-state index contributed by atoms with van der Waals surface area (Å²) < 4.78 is 5.97. The van der Waals surface area contributed by atoms with E-state index in [0.29, 0.717) is 12.6 Å². The monoisotopic (exact) mass is 240 g/mol. The molecule has 3 saturated heterocycles. The third-order valence-corrected chi connectivity index (χ3v) is 5.42. The van der Waals surface area contributed by atoms with Gasteiger partial charge in [-0.25, -0.2) is 0 Å². The lowest BCUT2D eigenvalue weighted by Gasteiger charge is -2.51. The highest BCUT2D eigenvalue weighted by atomic mass is 16.5. The highest BCUT2D eigenvalue weighted by Crippen LogP contribution is 2.55. The number of likely N-dealkylation sites (tertiary alicyclic amines) is 1. The Balaban J connectivity index is 1.85. The Morgan fingerprint density at radius 2 is 2.06 bits per heavy atom. The number of nitrogens with two attached hydrogens (primary N) is 1. The second-order valence-corrected chi connectivity index (χ2v) is 6.22. The SMILES string of the molecule is CN1CCC(O)(C2(CN)CC3CCC2O3)CC1. The van der Waals surface area contributed by atoms with Gasteiger partial charge in [-0.15, -0.1) is 0 Å². The molecule has 3 aliphatic heterocycles. The Labute approximate surface area is 103 Å². The number of rotatable bonds is 2. The van der Waals surface area contributed by atoms with Gasteiger partial charge in [0.1, 0.15) is 0 Å². The van der Waals surface area contributed by atoms with Gasteiger partial charge < -0.3 is 20.5 Å². The highest BCUT2D eigenvalue weighted by molar-refractivity contribution is 5.12. The fourth-order valence-electron chi connectivity index (χ4n) is 4.18. The number of ether oxygens (including phenoxy) is 1. The number of piperidine rings is 1. The van der Waals surface area contributed by atoms with Crippen molar-refractivity contribution in [2.75, 3.05) is 26.7 Å². The molecule has 2 bridgehead atoms. The van der Waals surface area contributed by atoms with Crippen molar-refractivity contribution in [1.29, 1.82) is 0 Å². The number of nitrogens with zero attached hydrogens (tertiary/aromatic N) is 1. The summed E-state index contributed by atoms with van der Waals surface area (Å²) in [5.41, 5.74) is 5.28. The molecule has 3 fully saturated rings. The van der Waals surface area contributed by atoms with Crippen LogP contribution in [0.5, 0.6) is 0 Å². The molecule has 98 valence electrons. The smallest absolute Gasteiger partial charge is 0.0766 e. The van der Waals surface area contributed by atoms with Gasteiger partial charge in [0.05, 0.1) is 17.8 Å². The predicted octanol–water partition coefficient (Wildman–Crippen LogP) is 0.340. The van der Waals surface area contributed by atoms with Crippen molar-refractivity contribution < 1.29 is 9.84 Å². The zero-order valence-corrected chi connectivity index (χ0v) is 10.7. The Kier molecular flexibility index (Phi) is 2.74. The third-order valence-electron chi connectivity index (χ3n) is 5.42.